The first-order valence-corrected chi connectivity index (χ1v) is 6.05. The average Bonchev–Trinajstić information content (AvgIpc) is 2.46. The summed E-state index contributed by atoms with van der Waals surface area (Å²) >= 11 is 0. The Labute approximate surface area is 107 Å². The number of hydrogen-bond donors (Lipinski definition) is 1. The number of aromatic nitrogens is 2. The molecular formula is C14H17N3O. The number of hydrogen-bond acceptors (Lipinski definition) is 4. The summed E-state index contributed by atoms with van der Waals surface area (Å²) in [5.74, 6) is 0.868. The van der Waals surface area contributed by atoms with Gasteiger partial charge in [0.25, 0.3) is 0 Å². The molecule has 1 heterocycles. The SMILES string of the molecule is CCCOc1ccc(C(N)c2cnccn2)cc1. The summed E-state index contributed by atoms with van der Waals surface area (Å²) in [5, 5.41) is 0. The van der Waals surface area contributed by atoms with Gasteiger partial charge in [0.15, 0.2) is 0 Å². The normalized spacial score (nSPS) is 12.1. The van der Waals surface area contributed by atoms with Gasteiger partial charge in [-0.1, -0.05) is 19.1 Å². The summed E-state index contributed by atoms with van der Waals surface area (Å²) in [7, 11) is 0. The Bertz CT molecular complexity index is 470. The van der Waals surface area contributed by atoms with Crippen LogP contribution in [0.5, 0.6) is 5.75 Å². The second-order valence-corrected chi connectivity index (χ2v) is 4.03. The van der Waals surface area contributed by atoms with Crippen molar-refractivity contribution >= 4 is 0 Å². The van der Waals surface area contributed by atoms with Crippen molar-refractivity contribution in [2.24, 2.45) is 5.73 Å². The average molecular weight is 243 g/mol. The van der Waals surface area contributed by atoms with Crippen molar-refractivity contribution in [2.45, 2.75) is 19.4 Å². The fourth-order valence-corrected chi connectivity index (χ4v) is 1.63. The van der Waals surface area contributed by atoms with Crippen molar-refractivity contribution in [3.05, 3.63) is 54.1 Å². The standard InChI is InChI=1S/C14H17N3O/c1-2-9-18-12-5-3-11(4-6-12)14(15)13-10-16-7-8-17-13/h3-8,10,14H,2,9,15H2,1H3. The molecule has 0 amide bonds. The molecule has 0 bridgehead atoms. The van der Waals surface area contributed by atoms with E-state index in [1.807, 2.05) is 24.3 Å². The first-order valence-electron chi connectivity index (χ1n) is 6.05. The minimum Gasteiger partial charge on any atom is -0.494 e. The number of nitrogens with two attached hydrogens (primary N) is 1. The number of nitrogens with zero attached hydrogens (tertiary/aromatic N) is 2. The van der Waals surface area contributed by atoms with Gasteiger partial charge in [0.05, 0.1) is 24.5 Å². The molecule has 1 aromatic heterocycles. The van der Waals surface area contributed by atoms with E-state index >= 15 is 0 Å². The van der Waals surface area contributed by atoms with Gasteiger partial charge >= 0.3 is 0 Å². The molecule has 0 aliphatic heterocycles. The van der Waals surface area contributed by atoms with Gasteiger partial charge in [-0.3, -0.25) is 9.97 Å². The minimum atomic E-state index is -0.251. The molecule has 1 aromatic carbocycles. The molecule has 94 valence electrons. The van der Waals surface area contributed by atoms with Crippen LogP contribution < -0.4 is 10.5 Å². The smallest absolute Gasteiger partial charge is 0.119 e. The van der Waals surface area contributed by atoms with Crippen LogP contribution in [0.1, 0.15) is 30.6 Å². The van der Waals surface area contributed by atoms with Crippen LogP contribution in [0.4, 0.5) is 0 Å². The molecule has 0 spiro atoms. The molecule has 4 nitrogen and oxygen atoms in total. The highest BCUT2D eigenvalue weighted by Crippen LogP contribution is 2.20. The van der Waals surface area contributed by atoms with Crippen LogP contribution in [0.3, 0.4) is 0 Å². The molecule has 0 saturated heterocycles. The van der Waals surface area contributed by atoms with Crippen LogP contribution in [-0.2, 0) is 0 Å². The third kappa shape index (κ3) is 3.05. The van der Waals surface area contributed by atoms with E-state index < -0.39 is 0 Å². The van der Waals surface area contributed by atoms with Gasteiger partial charge in [0, 0.05) is 12.4 Å². The Kier molecular flexibility index (Phi) is 4.25. The quantitative estimate of drug-likeness (QED) is 0.875. The Hall–Kier alpha value is -1.94. The van der Waals surface area contributed by atoms with E-state index in [0.29, 0.717) is 0 Å². The summed E-state index contributed by atoms with van der Waals surface area (Å²) in [6.45, 7) is 2.81. The molecule has 1 unspecified atom stereocenters. The monoisotopic (exact) mass is 243 g/mol. The second kappa shape index (κ2) is 6.12. The van der Waals surface area contributed by atoms with Crippen molar-refractivity contribution in [3.63, 3.8) is 0 Å². The van der Waals surface area contributed by atoms with Crippen LogP contribution in [0.15, 0.2) is 42.9 Å². The Morgan fingerprint density at radius 1 is 1.22 bits per heavy atom. The van der Waals surface area contributed by atoms with Crippen molar-refractivity contribution in [1.82, 2.24) is 9.97 Å². The predicted molar refractivity (Wildman–Crippen MR) is 70.3 cm³/mol. The van der Waals surface area contributed by atoms with Gasteiger partial charge in [-0.15, -0.1) is 0 Å². The van der Waals surface area contributed by atoms with E-state index in [0.717, 1.165) is 30.0 Å². The van der Waals surface area contributed by atoms with Gasteiger partial charge in [-0.05, 0) is 24.1 Å². The lowest BCUT2D eigenvalue weighted by atomic mass is 10.1. The lowest BCUT2D eigenvalue weighted by Crippen LogP contribution is -2.13. The van der Waals surface area contributed by atoms with Gasteiger partial charge in [-0.2, -0.15) is 0 Å². The minimum absolute atomic E-state index is 0.251. The van der Waals surface area contributed by atoms with Crippen LogP contribution in [-0.4, -0.2) is 16.6 Å². The van der Waals surface area contributed by atoms with Crippen LogP contribution in [0.25, 0.3) is 0 Å². The second-order valence-electron chi connectivity index (χ2n) is 4.03. The van der Waals surface area contributed by atoms with E-state index in [1.165, 1.54) is 0 Å². The zero-order chi connectivity index (χ0) is 12.8. The van der Waals surface area contributed by atoms with Crippen LogP contribution in [0, 0.1) is 0 Å². The Balaban J connectivity index is 2.09. The zero-order valence-corrected chi connectivity index (χ0v) is 10.4. The van der Waals surface area contributed by atoms with E-state index in [-0.39, 0.29) is 6.04 Å². The van der Waals surface area contributed by atoms with Crippen molar-refractivity contribution in [2.75, 3.05) is 6.61 Å². The van der Waals surface area contributed by atoms with Crippen LogP contribution in [0.2, 0.25) is 0 Å². The number of benzene rings is 1. The Morgan fingerprint density at radius 2 is 2.00 bits per heavy atom. The van der Waals surface area contributed by atoms with Crippen molar-refractivity contribution in [1.29, 1.82) is 0 Å². The predicted octanol–water partition coefficient (Wildman–Crippen LogP) is 2.31. The third-order valence-corrected chi connectivity index (χ3v) is 2.61. The Morgan fingerprint density at radius 3 is 2.61 bits per heavy atom. The third-order valence-electron chi connectivity index (χ3n) is 2.61. The molecular weight excluding hydrogens is 226 g/mol. The molecule has 4 heteroatoms. The summed E-state index contributed by atoms with van der Waals surface area (Å²) < 4.78 is 5.53. The maximum atomic E-state index is 6.12. The van der Waals surface area contributed by atoms with Gasteiger partial charge in [-0.25, -0.2) is 0 Å². The summed E-state index contributed by atoms with van der Waals surface area (Å²) in [6.07, 6.45) is 5.97. The summed E-state index contributed by atoms with van der Waals surface area (Å²) in [5.41, 5.74) is 7.89. The van der Waals surface area contributed by atoms with Crippen molar-refractivity contribution in [3.8, 4) is 5.75 Å². The highest BCUT2D eigenvalue weighted by molar-refractivity contribution is 5.32. The maximum absolute atomic E-state index is 6.12. The van der Waals surface area contributed by atoms with Gasteiger partial charge in [0.2, 0.25) is 0 Å². The molecule has 2 rings (SSSR count). The lowest BCUT2D eigenvalue weighted by Gasteiger charge is -2.12. The first kappa shape index (κ1) is 12.5. The van der Waals surface area contributed by atoms with Crippen LogP contribution >= 0.6 is 0 Å². The molecule has 0 aliphatic rings. The highest BCUT2D eigenvalue weighted by Gasteiger charge is 2.10. The maximum Gasteiger partial charge on any atom is 0.119 e. The van der Waals surface area contributed by atoms with Gasteiger partial charge < -0.3 is 10.5 Å². The summed E-state index contributed by atoms with van der Waals surface area (Å²) in [6, 6.07) is 7.54. The summed E-state index contributed by atoms with van der Waals surface area (Å²) in [4.78, 5) is 8.23. The van der Waals surface area contributed by atoms with Crippen molar-refractivity contribution < 1.29 is 4.74 Å². The van der Waals surface area contributed by atoms with E-state index in [2.05, 4.69) is 16.9 Å². The van der Waals surface area contributed by atoms with E-state index in [9.17, 15) is 0 Å². The molecule has 0 radical (unpaired) electrons. The molecule has 0 saturated carbocycles. The largest absolute Gasteiger partial charge is 0.494 e. The highest BCUT2D eigenvalue weighted by atomic mass is 16.5. The first-order chi connectivity index (χ1) is 8.81. The van der Waals surface area contributed by atoms with E-state index in [4.69, 9.17) is 10.5 Å². The molecule has 2 aromatic rings. The molecule has 0 aliphatic carbocycles. The fourth-order valence-electron chi connectivity index (χ4n) is 1.63. The topological polar surface area (TPSA) is 61.0 Å². The molecule has 0 fully saturated rings. The molecule has 2 N–H and O–H groups in total. The molecule has 18 heavy (non-hydrogen) atoms. The zero-order valence-electron chi connectivity index (χ0n) is 10.4. The molecule has 1 atom stereocenters. The number of rotatable bonds is 5. The number of ether oxygens (including phenoxy) is 1. The fraction of sp³-hybridized carbons (Fsp3) is 0.286. The van der Waals surface area contributed by atoms with Gasteiger partial charge in [0.1, 0.15) is 5.75 Å². The van der Waals surface area contributed by atoms with E-state index in [1.54, 1.807) is 18.6 Å². The lowest BCUT2D eigenvalue weighted by molar-refractivity contribution is 0.317.